The summed E-state index contributed by atoms with van der Waals surface area (Å²) in [7, 11) is 1.54. The third-order valence-corrected chi connectivity index (χ3v) is 3.59. The highest BCUT2D eigenvalue weighted by molar-refractivity contribution is 5.92. The van der Waals surface area contributed by atoms with E-state index in [1.54, 1.807) is 31.4 Å². The van der Waals surface area contributed by atoms with Crippen LogP contribution < -0.4 is 10.1 Å². The molecule has 0 spiro atoms. The molecule has 1 aliphatic heterocycles. The van der Waals surface area contributed by atoms with Crippen LogP contribution >= 0.6 is 0 Å². The van der Waals surface area contributed by atoms with Crippen molar-refractivity contribution in [3.8, 4) is 5.75 Å². The lowest BCUT2D eigenvalue weighted by Crippen LogP contribution is -2.50. The van der Waals surface area contributed by atoms with Crippen molar-refractivity contribution < 1.29 is 22.7 Å². The zero-order chi connectivity index (χ0) is 16.9. The standard InChI is InChI=1S/C15H20F3N3O2/c1-23-13-4-2-3-12(9-13)19-14(22)10-20-5-7-21(8-6-20)11-15(16,17)18/h2-4,9H,5-8,10-11H2,1H3,(H,19,22). The normalized spacial score (nSPS) is 17.0. The molecule has 1 amide bonds. The molecule has 5 nitrogen and oxygen atoms in total. The smallest absolute Gasteiger partial charge is 0.401 e. The van der Waals surface area contributed by atoms with Gasteiger partial charge in [0.1, 0.15) is 5.75 Å². The van der Waals surface area contributed by atoms with Crippen LogP contribution in [0.1, 0.15) is 0 Å². The Morgan fingerprint density at radius 1 is 1.22 bits per heavy atom. The molecule has 1 aromatic carbocycles. The van der Waals surface area contributed by atoms with Gasteiger partial charge in [0, 0.05) is 37.9 Å². The van der Waals surface area contributed by atoms with Crippen molar-refractivity contribution in [2.45, 2.75) is 6.18 Å². The molecular weight excluding hydrogens is 311 g/mol. The van der Waals surface area contributed by atoms with E-state index < -0.39 is 12.7 Å². The van der Waals surface area contributed by atoms with Crippen molar-refractivity contribution in [2.24, 2.45) is 0 Å². The summed E-state index contributed by atoms with van der Waals surface area (Å²) in [6.45, 7) is 0.787. The number of rotatable bonds is 5. The largest absolute Gasteiger partial charge is 0.497 e. The minimum Gasteiger partial charge on any atom is -0.497 e. The van der Waals surface area contributed by atoms with Crippen LogP contribution in [0.3, 0.4) is 0 Å². The lowest BCUT2D eigenvalue weighted by Gasteiger charge is -2.34. The van der Waals surface area contributed by atoms with Crippen LogP contribution in [-0.4, -0.2) is 68.3 Å². The van der Waals surface area contributed by atoms with Crippen molar-refractivity contribution in [3.63, 3.8) is 0 Å². The molecule has 0 aliphatic carbocycles. The van der Waals surface area contributed by atoms with E-state index in [1.165, 1.54) is 4.90 Å². The Morgan fingerprint density at radius 3 is 2.48 bits per heavy atom. The van der Waals surface area contributed by atoms with E-state index in [0.29, 0.717) is 37.6 Å². The molecule has 1 fully saturated rings. The molecule has 8 heteroatoms. The second kappa shape index (κ2) is 7.65. The van der Waals surface area contributed by atoms with Crippen LogP contribution in [0.15, 0.2) is 24.3 Å². The third kappa shape index (κ3) is 6.07. The van der Waals surface area contributed by atoms with Gasteiger partial charge in [-0.1, -0.05) is 6.07 Å². The Morgan fingerprint density at radius 2 is 1.87 bits per heavy atom. The summed E-state index contributed by atoms with van der Waals surface area (Å²) >= 11 is 0. The first kappa shape index (κ1) is 17.6. The minimum atomic E-state index is -4.17. The number of hydrogen-bond acceptors (Lipinski definition) is 4. The predicted octanol–water partition coefficient (Wildman–Crippen LogP) is 1.81. The van der Waals surface area contributed by atoms with E-state index in [2.05, 4.69) is 5.32 Å². The highest BCUT2D eigenvalue weighted by Gasteiger charge is 2.32. The van der Waals surface area contributed by atoms with Crippen LogP contribution in [0.25, 0.3) is 0 Å². The number of amides is 1. The molecule has 0 atom stereocenters. The Balaban J connectivity index is 1.76. The maximum Gasteiger partial charge on any atom is 0.401 e. The first-order valence-corrected chi connectivity index (χ1v) is 7.31. The second-order valence-corrected chi connectivity index (χ2v) is 5.45. The van der Waals surface area contributed by atoms with Crippen LogP contribution in [0.5, 0.6) is 5.75 Å². The number of halogens is 3. The molecule has 1 aliphatic rings. The van der Waals surface area contributed by atoms with Gasteiger partial charge in [0.05, 0.1) is 20.2 Å². The predicted molar refractivity (Wildman–Crippen MR) is 80.6 cm³/mol. The number of alkyl halides is 3. The maximum absolute atomic E-state index is 12.3. The van der Waals surface area contributed by atoms with Gasteiger partial charge >= 0.3 is 6.18 Å². The number of ether oxygens (including phenoxy) is 1. The van der Waals surface area contributed by atoms with Crippen molar-refractivity contribution in [3.05, 3.63) is 24.3 Å². The fourth-order valence-corrected chi connectivity index (χ4v) is 2.46. The van der Waals surface area contributed by atoms with Crippen LogP contribution in [0, 0.1) is 0 Å². The summed E-state index contributed by atoms with van der Waals surface area (Å²) in [5.41, 5.74) is 0.630. The Hall–Kier alpha value is -1.80. The summed E-state index contributed by atoms with van der Waals surface area (Å²) in [4.78, 5) is 15.2. The first-order valence-electron chi connectivity index (χ1n) is 7.31. The summed E-state index contributed by atoms with van der Waals surface area (Å²) in [5, 5.41) is 2.76. The number of nitrogens with one attached hydrogen (secondary N) is 1. The molecule has 0 unspecified atom stereocenters. The van der Waals surface area contributed by atoms with Crippen molar-refractivity contribution >= 4 is 11.6 Å². The van der Waals surface area contributed by atoms with E-state index in [4.69, 9.17) is 4.74 Å². The SMILES string of the molecule is COc1cccc(NC(=O)CN2CCN(CC(F)(F)F)CC2)c1. The van der Waals surface area contributed by atoms with Gasteiger partial charge < -0.3 is 10.1 Å². The van der Waals surface area contributed by atoms with E-state index in [1.807, 2.05) is 4.90 Å². The summed E-state index contributed by atoms with van der Waals surface area (Å²) in [5.74, 6) is 0.450. The number of piperazine rings is 1. The number of carbonyl (C=O) groups excluding carboxylic acids is 1. The van der Waals surface area contributed by atoms with Gasteiger partial charge in [-0.05, 0) is 12.1 Å². The van der Waals surface area contributed by atoms with Gasteiger partial charge in [-0.15, -0.1) is 0 Å². The van der Waals surface area contributed by atoms with Gasteiger partial charge in [-0.2, -0.15) is 13.2 Å². The number of hydrogen-bond donors (Lipinski definition) is 1. The van der Waals surface area contributed by atoms with E-state index in [0.717, 1.165) is 0 Å². The molecule has 23 heavy (non-hydrogen) atoms. The van der Waals surface area contributed by atoms with E-state index in [-0.39, 0.29) is 12.5 Å². The summed E-state index contributed by atoms with van der Waals surface area (Å²) in [6, 6.07) is 7.00. The monoisotopic (exact) mass is 331 g/mol. The first-order chi connectivity index (χ1) is 10.9. The molecule has 0 saturated carbocycles. The summed E-state index contributed by atoms with van der Waals surface area (Å²) < 4.78 is 42.0. The molecule has 1 N–H and O–H groups in total. The van der Waals surface area contributed by atoms with E-state index >= 15 is 0 Å². The highest BCUT2D eigenvalue weighted by atomic mass is 19.4. The molecule has 1 aromatic rings. The van der Waals surface area contributed by atoms with Crippen molar-refractivity contribution in [1.82, 2.24) is 9.80 Å². The molecule has 128 valence electrons. The molecule has 2 rings (SSSR count). The number of nitrogens with zero attached hydrogens (tertiary/aromatic N) is 2. The molecule has 0 bridgehead atoms. The third-order valence-electron chi connectivity index (χ3n) is 3.59. The highest BCUT2D eigenvalue weighted by Crippen LogP contribution is 2.18. The van der Waals surface area contributed by atoms with E-state index in [9.17, 15) is 18.0 Å². The van der Waals surface area contributed by atoms with Crippen LogP contribution in [-0.2, 0) is 4.79 Å². The van der Waals surface area contributed by atoms with Crippen molar-refractivity contribution in [2.75, 3.05) is 51.7 Å². The van der Waals surface area contributed by atoms with Gasteiger partial charge in [-0.25, -0.2) is 0 Å². The zero-order valence-electron chi connectivity index (χ0n) is 12.9. The fourth-order valence-electron chi connectivity index (χ4n) is 2.46. The Labute approximate surface area is 133 Å². The minimum absolute atomic E-state index is 0.164. The molecular formula is C15H20F3N3O2. The molecule has 0 aromatic heterocycles. The van der Waals surface area contributed by atoms with Gasteiger partial charge in [0.15, 0.2) is 0 Å². The van der Waals surface area contributed by atoms with Crippen molar-refractivity contribution in [1.29, 1.82) is 0 Å². The van der Waals surface area contributed by atoms with Crippen LogP contribution in [0.4, 0.5) is 18.9 Å². The average Bonchev–Trinajstić information content (AvgIpc) is 2.48. The quantitative estimate of drug-likeness (QED) is 0.894. The molecule has 1 saturated heterocycles. The average molecular weight is 331 g/mol. The molecule has 0 radical (unpaired) electrons. The maximum atomic E-state index is 12.3. The van der Waals surface area contributed by atoms with Crippen LogP contribution in [0.2, 0.25) is 0 Å². The fraction of sp³-hybridized carbons (Fsp3) is 0.533. The number of methoxy groups -OCH3 is 1. The lowest BCUT2D eigenvalue weighted by molar-refractivity contribution is -0.149. The number of anilines is 1. The zero-order valence-corrected chi connectivity index (χ0v) is 12.9. The second-order valence-electron chi connectivity index (χ2n) is 5.45. The number of carbonyl (C=O) groups is 1. The number of benzene rings is 1. The van der Waals surface area contributed by atoms with Gasteiger partial charge in [0.2, 0.25) is 5.91 Å². The van der Waals surface area contributed by atoms with Gasteiger partial charge in [0.25, 0.3) is 0 Å². The lowest BCUT2D eigenvalue weighted by atomic mass is 10.3. The Bertz CT molecular complexity index is 529. The molecule has 1 heterocycles. The Kier molecular flexibility index (Phi) is 5.84. The summed E-state index contributed by atoms with van der Waals surface area (Å²) in [6.07, 6.45) is -4.17. The topological polar surface area (TPSA) is 44.8 Å². The van der Waals surface area contributed by atoms with Gasteiger partial charge in [-0.3, -0.25) is 14.6 Å².